The Kier molecular flexibility index (Phi) is 6.56. The van der Waals surface area contributed by atoms with Gasteiger partial charge in [-0.15, -0.1) is 0 Å². The summed E-state index contributed by atoms with van der Waals surface area (Å²) in [5.41, 5.74) is 6.23. The fraction of sp³-hybridized carbons (Fsp3) is 0.111. The summed E-state index contributed by atoms with van der Waals surface area (Å²) in [4.78, 5) is 35.4. The van der Waals surface area contributed by atoms with Crippen LogP contribution in [0.2, 0.25) is 0 Å². The molecule has 4 aromatic rings. The van der Waals surface area contributed by atoms with E-state index in [4.69, 9.17) is 5.11 Å². The lowest BCUT2D eigenvalue weighted by Gasteiger charge is -2.08. The Labute approximate surface area is 206 Å². The van der Waals surface area contributed by atoms with Crippen LogP contribution in [0, 0.1) is 6.92 Å². The maximum atomic E-state index is 12.6. The zero-order valence-corrected chi connectivity index (χ0v) is 19.9. The fourth-order valence-electron chi connectivity index (χ4n) is 3.92. The summed E-state index contributed by atoms with van der Waals surface area (Å²) in [6.45, 7) is 5.00. The van der Waals surface area contributed by atoms with Crippen LogP contribution in [-0.2, 0) is 4.79 Å². The molecule has 0 spiro atoms. The van der Waals surface area contributed by atoms with Crippen LogP contribution in [0.15, 0.2) is 71.8 Å². The predicted molar refractivity (Wildman–Crippen MR) is 137 cm³/mol. The Balaban J connectivity index is 1.78. The molecule has 3 aromatic carbocycles. The number of nitrogens with zero attached hydrogens (tertiary/aromatic N) is 2. The van der Waals surface area contributed by atoms with Gasteiger partial charge in [0.1, 0.15) is 0 Å². The number of hydrogen-bond acceptors (Lipinski definition) is 5. The molecule has 0 unspecified atom stereocenters. The second-order valence-electron chi connectivity index (χ2n) is 8.31. The van der Waals surface area contributed by atoms with E-state index >= 15 is 0 Å². The molecule has 0 saturated carbocycles. The summed E-state index contributed by atoms with van der Waals surface area (Å²) in [7, 11) is 0. The highest BCUT2D eigenvalue weighted by molar-refractivity contribution is 6.14. The van der Waals surface area contributed by atoms with Crippen molar-refractivity contribution in [2.24, 2.45) is 5.10 Å². The van der Waals surface area contributed by atoms with Gasteiger partial charge in [0.2, 0.25) is 11.8 Å². The maximum Gasteiger partial charge on any atom is 0.335 e. The number of aromatic nitrogens is 1. The lowest BCUT2D eigenvalue weighted by molar-refractivity contribution is -0.114. The minimum absolute atomic E-state index is 0.0207. The molecular formula is C27H24N4O5. The number of amides is 2. The standard InChI is InChI=1S/C27H24N4O5/c1-15-7-10-21(11-8-15)31-23-12-9-20(28-17(3)32)14-22(23)24(26(31)34)16(2)29-30-25(33)18-5-4-6-19(13-18)27(35)36/h4-14,34H,1-3H3,(H,28,32)(H,30,33)(H,35,36). The van der Waals surface area contributed by atoms with Crippen molar-refractivity contribution in [3.8, 4) is 11.6 Å². The van der Waals surface area contributed by atoms with Gasteiger partial charge in [-0.3, -0.25) is 14.2 Å². The molecule has 36 heavy (non-hydrogen) atoms. The number of carboxylic acids is 1. The van der Waals surface area contributed by atoms with Crippen LogP contribution in [0.5, 0.6) is 5.88 Å². The summed E-state index contributed by atoms with van der Waals surface area (Å²) >= 11 is 0. The molecule has 9 heteroatoms. The van der Waals surface area contributed by atoms with Gasteiger partial charge in [0.05, 0.1) is 22.4 Å². The highest BCUT2D eigenvalue weighted by Crippen LogP contribution is 2.36. The summed E-state index contributed by atoms with van der Waals surface area (Å²) in [5, 5.41) is 28.0. The van der Waals surface area contributed by atoms with Crippen molar-refractivity contribution in [3.05, 3.63) is 89.0 Å². The number of benzene rings is 3. The first-order chi connectivity index (χ1) is 17.2. The number of carbonyl (C=O) groups excluding carboxylic acids is 2. The van der Waals surface area contributed by atoms with Crippen molar-refractivity contribution in [1.29, 1.82) is 0 Å². The summed E-state index contributed by atoms with van der Waals surface area (Å²) < 4.78 is 1.67. The van der Waals surface area contributed by atoms with Crippen molar-refractivity contribution < 1.29 is 24.6 Å². The van der Waals surface area contributed by atoms with Crippen LogP contribution in [0.1, 0.15) is 45.7 Å². The number of nitrogens with one attached hydrogen (secondary N) is 2. The SMILES string of the molecule is CC(=O)Nc1ccc2c(c1)c(C(C)=NNC(=O)c1cccc(C(=O)O)c1)c(O)n2-c1ccc(C)cc1. The van der Waals surface area contributed by atoms with Crippen LogP contribution >= 0.6 is 0 Å². The van der Waals surface area contributed by atoms with E-state index in [0.29, 0.717) is 27.9 Å². The monoisotopic (exact) mass is 484 g/mol. The largest absolute Gasteiger partial charge is 0.494 e. The molecule has 2 amide bonds. The van der Waals surface area contributed by atoms with Gasteiger partial charge in [-0.1, -0.05) is 23.8 Å². The van der Waals surface area contributed by atoms with E-state index in [-0.39, 0.29) is 22.9 Å². The molecule has 0 saturated heterocycles. The number of aryl methyl sites for hydroxylation is 1. The molecule has 4 rings (SSSR count). The Morgan fingerprint density at radius 3 is 2.28 bits per heavy atom. The Morgan fingerprint density at radius 1 is 0.917 bits per heavy atom. The van der Waals surface area contributed by atoms with E-state index in [2.05, 4.69) is 15.8 Å². The average molecular weight is 485 g/mol. The summed E-state index contributed by atoms with van der Waals surface area (Å²) in [5.74, 6) is -2.07. The molecule has 182 valence electrons. The Bertz CT molecular complexity index is 1530. The van der Waals surface area contributed by atoms with Gasteiger partial charge in [0.15, 0.2) is 0 Å². The van der Waals surface area contributed by atoms with Crippen LogP contribution < -0.4 is 10.7 Å². The van der Waals surface area contributed by atoms with Gasteiger partial charge in [-0.25, -0.2) is 10.2 Å². The third-order valence-corrected chi connectivity index (χ3v) is 5.61. The van der Waals surface area contributed by atoms with Crippen molar-refractivity contribution in [2.75, 3.05) is 5.32 Å². The van der Waals surface area contributed by atoms with Crippen LogP contribution in [0.25, 0.3) is 16.6 Å². The number of aromatic hydroxyl groups is 1. The number of aromatic carboxylic acids is 1. The topological polar surface area (TPSA) is 133 Å². The number of carboxylic acid groups (broad SMARTS) is 1. The smallest absolute Gasteiger partial charge is 0.335 e. The average Bonchev–Trinajstić information content (AvgIpc) is 3.13. The number of hydrazone groups is 1. The molecule has 0 radical (unpaired) electrons. The van der Waals surface area contributed by atoms with Gasteiger partial charge in [0.25, 0.3) is 5.91 Å². The first kappa shape index (κ1) is 24.2. The van der Waals surface area contributed by atoms with E-state index in [9.17, 15) is 19.5 Å². The second kappa shape index (κ2) is 9.75. The molecule has 0 aliphatic rings. The molecule has 9 nitrogen and oxygen atoms in total. The number of anilines is 1. The van der Waals surface area contributed by atoms with E-state index in [1.807, 2.05) is 31.2 Å². The zero-order valence-electron chi connectivity index (χ0n) is 19.9. The van der Waals surface area contributed by atoms with Gasteiger partial charge in [-0.05, 0) is 62.4 Å². The molecule has 1 heterocycles. The van der Waals surface area contributed by atoms with Crippen molar-refractivity contribution in [3.63, 3.8) is 0 Å². The molecule has 0 atom stereocenters. The maximum absolute atomic E-state index is 12.6. The molecule has 0 bridgehead atoms. The molecule has 1 aromatic heterocycles. The van der Waals surface area contributed by atoms with E-state index in [1.165, 1.54) is 31.2 Å². The number of carbonyl (C=O) groups is 3. The van der Waals surface area contributed by atoms with Gasteiger partial charge < -0.3 is 15.5 Å². The third-order valence-electron chi connectivity index (χ3n) is 5.61. The first-order valence-electron chi connectivity index (χ1n) is 11.1. The van der Waals surface area contributed by atoms with E-state index < -0.39 is 11.9 Å². The quantitative estimate of drug-likeness (QED) is 0.237. The van der Waals surface area contributed by atoms with Gasteiger partial charge >= 0.3 is 5.97 Å². The Hall–Kier alpha value is -4.92. The van der Waals surface area contributed by atoms with Crippen LogP contribution in [0.4, 0.5) is 5.69 Å². The number of rotatable bonds is 6. The minimum atomic E-state index is -1.15. The fourth-order valence-corrected chi connectivity index (χ4v) is 3.92. The highest BCUT2D eigenvalue weighted by atomic mass is 16.4. The minimum Gasteiger partial charge on any atom is -0.494 e. The van der Waals surface area contributed by atoms with Crippen molar-refractivity contribution in [2.45, 2.75) is 20.8 Å². The predicted octanol–water partition coefficient (Wildman–Crippen LogP) is 4.46. The second-order valence-corrected chi connectivity index (χ2v) is 8.31. The normalized spacial score (nSPS) is 11.4. The van der Waals surface area contributed by atoms with E-state index in [0.717, 1.165) is 11.3 Å². The van der Waals surface area contributed by atoms with Crippen LogP contribution in [-0.4, -0.2) is 38.3 Å². The lowest BCUT2D eigenvalue weighted by Crippen LogP contribution is -2.19. The third kappa shape index (κ3) is 4.80. The molecular weight excluding hydrogens is 460 g/mol. The van der Waals surface area contributed by atoms with Crippen molar-refractivity contribution >= 4 is 40.1 Å². The zero-order chi connectivity index (χ0) is 26.0. The molecule has 4 N–H and O–H groups in total. The van der Waals surface area contributed by atoms with Crippen LogP contribution in [0.3, 0.4) is 0 Å². The van der Waals surface area contributed by atoms with Gasteiger partial charge in [-0.2, -0.15) is 5.10 Å². The molecule has 0 aliphatic carbocycles. The molecule has 0 aliphatic heterocycles. The Morgan fingerprint density at radius 2 is 1.61 bits per heavy atom. The first-order valence-corrected chi connectivity index (χ1v) is 11.1. The highest BCUT2D eigenvalue weighted by Gasteiger charge is 2.21. The summed E-state index contributed by atoms with van der Waals surface area (Å²) in [6, 6.07) is 18.5. The number of hydrogen-bond donors (Lipinski definition) is 4. The number of fused-ring (bicyclic) bond motifs is 1. The summed E-state index contributed by atoms with van der Waals surface area (Å²) in [6.07, 6.45) is 0. The lowest BCUT2D eigenvalue weighted by atomic mass is 10.1. The molecule has 0 fully saturated rings. The van der Waals surface area contributed by atoms with E-state index in [1.54, 1.807) is 29.7 Å². The van der Waals surface area contributed by atoms with Gasteiger partial charge in [0, 0.05) is 29.2 Å². The van der Waals surface area contributed by atoms with Crippen molar-refractivity contribution in [1.82, 2.24) is 9.99 Å².